The predicted octanol–water partition coefficient (Wildman–Crippen LogP) is 7.82. The Bertz CT molecular complexity index is 586. The molecule has 0 aliphatic rings. The van der Waals surface area contributed by atoms with Crippen LogP contribution in [-0.4, -0.2) is 17.6 Å². The van der Waals surface area contributed by atoms with Crippen LogP contribution in [0.15, 0.2) is 24.3 Å². The Hall–Kier alpha value is -1.84. The third-order valence-corrected chi connectivity index (χ3v) is 5.27. The molecule has 0 bridgehead atoms. The Balaban J connectivity index is 1.96. The van der Waals surface area contributed by atoms with Crippen LogP contribution in [0.25, 0.3) is 6.08 Å². The molecule has 0 radical (unpaired) electrons. The van der Waals surface area contributed by atoms with Gasteiger partial charge >= 0.3 is 5.97 Å². The first-order valence-corrected chi connectivity index (χ1v) is 11.6. The Labute approximate surface area is 176 Å². The Morgan fingerprint density at radius 1 is 0.897 bits per heavy atom. The molecule has 0 atom stereocenters. The van der Waals surface area contributed by atoms with Crippen LogP contribution in [0.2, 0.25) is 0 Å². The zero-order valence-corrected chi connectivity index (χ0v) is 18.2. The van der Waals surface area contributed by atoms with Gasteiger partial charge in [-0.05, 0) is 30.7 Å². The fourth-order valence-corrected chi connectivity index (χ4v) is 3.49. The van der Waals surface area contributed by atoms with Crippen LogP contribution in [0.4, 0.5) is 10.1 Å². The van der Waals surface area contributed by atoms with Crippen LogP contribution in [0.5, 0.6) is 0 Å². The number of nitrogens with one attached hydrogen (secondary N) is 1. The molecule has 1 rings (SSSR count). The minimum Gasteiger partial charge on any atom is -0.478 e. The summed E-state index contributed by atoms with van der Waals surface area (Å²) in [6, 6.07) is 4.81. The molecule has 3 nitrogen and oxygen atoms in total. The van der Waals surface area contributed by atoms with E-state index in [2.05, 4.69) is 12.2 Å². The van der Waals surface area contributed by atoms with Crippen molar-refractivity contribution in [2.24, 2.45) is 0 Å². The molecule has 0 heterocycles. The molecule has 0 saturated carbocycles. The number of carboxylic acid groups (broad SMARTS) is 1. The molecule has 164 valence electrons. The summed E-state index contributed by atoms with van der Waals surface area (Å²) in [4.78, 5) is 10.5. The molecule has 0 aliphatic heterocycles. The predicted molar refractivity (Wildman–Crippen MR) is 122 cm³/mol. The van der Waals surface area contributed by atoms with Gasteiger partial charge in [0.1, 0.15) is 5.82 Å². The molecule has 29 heavy (non-hydrogen) atoms. The average molecular weight is 406 g/mol. The summed E-state index contributed by atoms with van der Waals surface area (Å²) in [5.41, 5.74) is 1.03. The van der Waals surface area contributed by atoms with Crippen molar-refractivity contribution in [3.8, 4) is 0 Å². The number of aliphatic carboxylic acids is 1. The molecule has 0 aliphatic carbocycles. The number of anilines is 1. The van der Waals surface area contributed by atoms with Crippen LogP contribution in [-0.2, 0) is 4.79 Å². The molecule has 0 unspecified atom stereocenters. The summed E-state index contributed by atoms with van der Waals surface area (Å²) < 4.78 is 13.9. The van der Waals surface area contributed by atoms with Gasteiger partial charge in [-0.3, -0.25) is 0 Å². The number of rotatable bonds is 18. The van der Waals surface area contributed by atoms with Crippen LogP contribution in [0, 0.1) is 5.82 Å². The molecule has 2 N–H and O–H groups in total. The normalized spacial score (nSPS) is 11.2. The molecule has 1 aromatic rings. The number of hydrogen-bond acceptors (Lipinski definition) is 2. The number of halogens is 1. The second-order valence-electron chi connectivity index (χ2n) is 7.93. The minimum absolute atomic E-state index is 0.287. The van der Waals surface area contributed by atoms with Crippen molar-refractivity contribution in [3.05, 3.63) is 35.7 Å². The summed E-state index contributed by atoms with van der Waals surface area (Å²) in [6.45, 7) is 3.10. The molecule has 0 spiro atoms. The zero-order chi connectivity index (χ0) is 21.2. The molecule has 0 aromatic heterocycles. The minimum atomic E-state index is -1.08. The third-order valence-electron chi connectivity index (χ3n) is 5.27. The Kier molecular flexibility index (Phi) is 14.8. The first kappa shape index (κ1) is 25.2. The summed E-state index contributed by atoms with van der Waals surface area (Å²) in [6.07, 6.45) is 21.0. The summed E-state index contributed by atoms with van der Waals surface area (Å²) in [5, 5.41) is 11.8. The Morgan fingerprint density at radius 2 is 1.41 bits per heavy atom. The first-order valence-electron chi connectivity index (χ1n) is 11.6. The third kappa shape index (κ3) is 13.9. The second kappa shape index (κ2) is 17.1. The van der Waals surface area contributed by atoms with E-state index < -0.39 is 11.8 Å². The molecular weight excluding hydrogens is 365 g/mol. The lowest BCUT2D eigenvalue weighted by molar-refractivity contribution is -0.131. The molecule has 0 amide bonds. The zero-order valence-electron chi connectivity index (χ0n) is 18.2. The van der Waals surface area contributed by atoms with Crippen molar-refractivity contribution in [1.29, 1.82) is 0 Å². The highest BCUT2D eigenvalue weighted by molar-refractivity contribution is 5.85. The van der Waals surface area contributed by atoms with Gasteiger partial charge in [0, 0.05) is 23.9 Å². The maximum Gasteiger partial charge on any atom is 0.328 e. The van der Waals surface area contributed by atoms with E-state index in [-0.39, 0.29) is 5.56 Å². The van der Waals surface area contributed by atoms with Crippen molar-refractivity contribution in [3.63, 3.8) is 0 Å². The van der Waals surface area contributed by atoms with E-state index in [9.17, 15) is 9.18 Å². The van der Waals surface area contributed by atoms with E-state index in [1.165, 1.54) is 95.6 Å². The van der Waals surface area contributed by atoms with Gasteiger partial charge < -0.3 is 10.4 Å². The standard InChI is InChI=1S/C25H40FNO2/c1-2-3-4-5-6-7-8-9-10-11-12-13-14-15-20-27-23-18-16-22(24(26)21-23)17-19-25(28)29/h16-19,21,27H,2-15,20H2,1H3,(H,28,29). The SMILES string of the molecule is CCCCCCCCCCCCCCCCNc1ccc(C=CC(=O)O)c(F)c1. The smallest absolute Gasteiger partial charge is 0.328 e. The van der Waals surface area contributed by atoms with Crippen LogP contribution in [0.3, 0.4) is 0 Å². The lowest BCUT2D eigenvalue weighted by Crippen LogP contribution is -2.02. The lowest BCUT2D eigenvalue weighted by Gasteiger charge is -2.08. The molecule has 4 heteroatoms. The Morgan fingerprint density at radius 3 is 1.90 bits per heavy atom. The van der Waals surface area contributed by atoms with E-state index >= 15 is 0 Å². The van der Waals surface area contributed by atoms with Gasteiger partial charge in [-0.15, -0.1) is 0 Å². The van der Waals surface area contributed by atoms with Crippen LogP contribution < -0.4 is 5.32 Å². The van der Waals surface area contributed by atoms with Gasteiger partial charge in [0.05, 0.1) is 0 Å². The van der Waals surface area contributed by atoms with E-state index in [0.717, 1.165) is 24.7 Å². The average Bonchev–Trinajstić information content (AvgIpc) is 2.70. The molecule has 1 aromatic carbocycles. The van der Waals surface area contributed by atoms with Crippen molar-refractivity contribution in [2.45, 2.75) is 96.8 Å². The largest absolute Gasteiger partial charge is 0.478 e. The monoisotopic (exact) mass is 405 g/mol. The van der Waals surface area contributed by atoms with Crippen LogP contribution in [0.1, 0.15) is 102 Å². The first-order chi connectivity index (χ1) is 14.1. The molecule has 0 saturated heterocycles. The van der Waals surface area contributed by atoms with Gasteiger partial charge in [-0.25, -0.2) is 9.18 Å². The maximum absolute atomic E-state index is 13.9. The fraction of sp³-hybridized carbons (Fsp3) is 0.640. The highest BCUT2D eigenvalue weighted by Crippen LogP contribution is 2.17. The van der Waals surface area contributed by atoms with Crippen molar-refractivity contribution >= 4 is 17.7 Å². The highest BCUT2D eigenvalue weighted by Gasteiger charge is 2.01. The topological polar surface area (TPSA) is 49.3 Å². The van der Waals surface area contributed by atoms with Gasteiger partial charge in [0.25, 0.3) is 0 Å². The van der Waals surface area contributed by atoms with Gasteiger partial charge in [-0.2, -0.15) is 0 Å². The molecular formula is C25H40FNO2. The van der Waals surface area contributed by atoms with E-state index in [0.29, 0.717) is 0 Å². The van der Waals surface area contributed by atoms with Gasteiger partial charge in [0.15, 0.2) is 0 Å². The van der Waals surface area contributed by atoms with Crippen molar-refractivity contribution in [1.82, 2.24) is 0 Å². The summed E-state index contributed by atoms with van der Waals surface area (Å²) in [5.74, 6) is -1.49. The number of benzene rings is 1. The fourth-order valence-electron chi connectivity index (χ4n) is 3.49. The number of carboxylic acids is 1. The summed E-state index contributed by atoms with van der Waals surface area (Å²) in [7, 11) is 0. The van der Waals surface area contributed by atoms with Crippen molar-refractivity contribution < 1.29 is 14.3 Å². The van der Waals surface area contributed by atoms with Gasteiger partial charge in [-0.1, -0.05) is 90.4 Å². The number of carbonyl (C=O) groups is 1. The van der Waals surface area contributed by atoms with E-state index in [4.69, 9.17) is 5.11 Å². The van der Waals surface area contributed by atoms with Crippen LogP contribution >= 0.6 is 0 Å². The van der Waals surface area contributed by atoms with E-state index in [1.54, 1.807) is 12.1 Å². The summed E-state index contributed by atoms with van der Waals surface area (Å²) >= 11 is 0. The van der Waals surface area contributed by atoms with Gasteiger partial charge in [0.2, 0.25) is 0 Å². The number of hydrogen-bond donors (Lipinski definition) is 2. The molecule has 0 fully saturated rings. The second-order valence-corrected chi connectivity index (χ2v) is 7.93. The maximum atomic E-state index is 13.9. The van der Waals surface area contributed by atoms with E-state index in [1.807, 2.05) is 0 Å². The van der Waals surface area contributed by atoms with Crippen molar-refractivity contribution in [2.75, 3.05) is 11.9 Å². The number of unbranched alkanes of at least 4 members (excludes halogenated alkanes) is 13. The lowest BCUT2D eigenvalue weighted by atomic mass is 10.0. The highest BCUT2D eigenvalue weighted by atomic mass is 19.1. The quantitative estimate of drug-likeness (QED) is 0.193.